The molecule has 0 bridgehead atoms. The van der Waals surface area contributed by atoms with Crippen molar-refractivity contribution in [2.45, 2.75) is 51.3 Å². The molecule has 0 heterocycles. The number of sulfonamides is 1. The molecule has 0 aliphatic heterocycles. The first-order chi connectivity index (χ1) is 16.9. The van der Waals surface area contributed by atoms with Crippen molar-refractivity contribution in [2.75, 3.05) is 10.8 Å². The van der Waals surface area contributed by atoms with Crippen LogP contribution in [0.2, 0.25) is 5.02 Å². The summed E-state index contributed by atoms with van der Waals surface area (Å²) in [4.78, 5) is 12.9. The maximum Gasteiger partial charge on any atom is 0.264 e. The Kier molecular flexibility index (Phi) is 8.59. The molecule has 0 spiro atoms. The molecule has 3 aromatic carbocycles. The summed E-state index contributed by atoms with van der Waals surface area (Å²) in [6.45, 7) is 9.49. The number of hydrazone groups is 1. The Balaban J connectivity index is 1.82. The Hall–Kier alpha value is -3.16. The predicted molar refractivity (Wildman–Crippen MR) is 147 cm³/mol. The van der Waals surface area contributed by atoms with Gasteiger partial charge in [-0.05, 0) is 85.7 Å². The third-order valence-electron chi connectivity index (χ3n) is 6.09. The van der Waals surface area contributed by atoms with Gasteiger partial charge in [0.2, 0.25) is 0 Å². The Morgan fingerprint density at radius 1 is 0.972 bits per heavy atom. The molecule has 0 saturated carbocycles. The van der Waals surface area contributed by atoms with Crippen molar-refractivity contribution in [3.05, 3.63) is 94.5 Å². The minimum Gasteiger partial charge on any atom is -0.271 e. The summed E-state index contributed by atoms with van der Waals surface area (Å²) in [5, 5.41) is 4.68. The van der Waals surface area contributed by atoms with Gasteiger partial charge in [-0.25, -0.2) is 13.8 Å². The van der Waals surface area contributed by atoms with Crippen molar-refractivity contribution in [1.29, 1.82) is 0 Å². The molecular weight excluding hydrogens is 494 g/mol. The number of amides is 1. The van der Waals surface area contributed by atoms with Crippen LogP contribution in [-0.2, 0) is 20.2 Å². The molecule has 0 fully saturated rings. The summed E-state index contributed by atoms with van der Waals surface area (Å²) in [5.41, 5.74) is 6.60. The van der Waals surface area contributed by atoms with Crippen molar-refractivity contribution in [1.82, 2.24) is 5.43 Å². The summed E-state index contributed by atoms with van der Waals surface area (Å²) in [7, 11) is -4.03. The standard InChI is InChI=1S/C28H32ClN3O3S/c1-20-11-14-25(17-21(20)2)32(36(34,35)26-15-12-24(29)13-16-26)19-27(33)31-30-22(3)18-28(4,5)23-9-7-6-8-10-23/h6-17H,18-19H2,1-5H3,(H,31,33)/b30-22-. The van der Waals surface area contributed by atoms with E-state index in [1.165, 1.54) is 29.8 Å². The minimum atomic E-state index is -4.03. The summed E-state index contributed by atoms with van der Waals surface area (Å²) >= 11 is 5.95. The van der Waals surface area contributed by atoms with E-state index in [1.54, 1.807) is 12.1 Å². The van der Waals surface area contributed by atoms with Crippen LogP contribution in [0.4, 0.5) is 5.69 Å². The summed E-state index contributed by atoms with van der Waals surface area (Å²) in [6, 6.07) is 21.2. The van der Waals surface area contributed by atoms with Gasteiger partial charge in [0.25, 0.3) is 15.9 Å². The van der Waals surface area contributed by atoms with E-state index in [2.05, 4.69) is 36.5 Å². The minimum absolute atomic E-state index is 0.0437. The molecule has 0 atom stereocenters. The van der Waals surface area contributed by atoms with Crippen LogP contribution in [0, 0.1) is 13.8 Å². The van der Waals surface area contributed by atoms with Crippen LogP contribution in [0.5, 0.6) is 0 Å². The number of halogens is 1. The Morgan fingerprint density at radius 3 is 2.22 bits per heavy atom. The molecule has 0 aliphatic carbocycles. The zero-order chi connectivity index (χ0) is 26.5. The van der Waals surface area contributed by atoms with Gasteiger partial charge in [0.15, 0.2) is 0 Å². The van der Waals surface area contributed by atoms with Gasteiger partial charge >= 0.3 is 0 Å². The SMILES string of the molecule is C/C(CC(C)(C)c1ccccc1)=N/NC(=O)CN(c1ccc(C)c(C)c1)S(=O)(=O)c1ccc(Cl)cc1. The number of rotatable bonds is 9. The van der Waals surface area contributed by atoms with Gasteiger partial charge < -0.3 is 0 Å². The zero-order valence-electron chi connectivity index (χ0n) is 21.2. The average Bonchev–Trinajstić information content (AvgIpc) is 2.83. The van der Waals surface area contributed by atoms with E-state index in [9.17, 15) is 13.2 Å². The highest BCUT2D eigenvalue weighted by molar-refractivity contribution is 7.92. The largest absolute Gasteiger partial charge is 0.271 e. The van der Waals surface area contributed by atoms with Gasteiger partial charge in [-0.15, -0.1) is 0 Å². The van der Waals surface area contributed by atoms with E-state index in [0.29, 0.717) is 17.1 Å². The van der Waals surface area contributed by atoms with Crippen LogP contribution in [0.1, 0.15) is 43.9 Å². The van der Waals surface area contributed by atoms with Gasteiger partial charge in [0.05, 0.1) is 10.6 Å². The molecule has 3 aromatic rings. The molecule has 6 nitrogen and oxygen atoms in total. The number of nitrogens with one attached hydrogen (secondary N) is 1. The third-order valence-corrected chi connectivity index (χ3v) is 8.13. The third kappa shape index (κ3) is 6.74. The molecule has 1 amide bonds. The number of hydrogen-bond donors (Lipinski definition) is 1. The lowest BCUT2D eigenvalue weighted by molar-refractivity contribution is -0.119. The smallest absolute Gasteiger partial charge is 0.264 e. The van der Waals surface area contributed by atoms with Crippen molar-refractivity contribution in [3.63, 3.8) is 0 Å². The fourth-order valence-electron chi connectivity index (χ4n) is 3.92. The second-order valence-electron chi connectivity index (χ2n) is 9.54. The average molecular weight is 526 g/mol. The van der Waals surface area contributed by atoms with Crippen molar-refractivity contribution in [3.8, 4) is 0 Å². The lowest BCUT2D eigenvalue weighted by Crippen LogP contribution is -2.40. The molecule has 0 aliphatic rings. The number of carbonyl (C=O) groups is 1. The molecule has 0 unspecified atom stereocenters. The van der Waals surface area contributed by atoms with Gasteiger partial charge in [0, 0.05) is 10.7 Å². The van der Waals surface area contributed by atoms with Crippen LogP contribution < -0.4 is 9.73 Å². The maximum atomic E-state index is 13.5. The van der Waals surface area contributed by atoms with E-state index < -0.39 is 22.5 Å². The highest BCUT2D eigenvalue weighted by Crippen LogP contribution is 2.28. The van der Waals surface area contributed by atoms with Crippen molar-refractivity contribution < 1.29 is 13.2 Å². The fourth-order valence-corrected chi connectivity index (χ4v) is 5.46. The Bertz CT molecular complexity index is 1350. The van der Waals surface area contributed by atoms with Gasteiger partial charge in [-0.3, -0.25) is 9.10 Å². The summed E-state index contributed by atoms with van der Waals surface area (Å²) in [5.74, 6) is -0.539. The molecule has 1 N–H and O–H groups in total. The highest BCUT2D eigenvalue weighted by Gasteiger charge is 2.28. The molecule has 0 aromatic heterocycles. The van der Waals surface area contributed by atoms with Crippen molar-refractivity contribution in [2.24, 2.45) is 5.10 Å². The number of aryl methyl sites for hydroxylation is 2. The second-order valence-corrected chi connectivity index (χ2v) is 11.8. The maximum absolute atomic E-state index is 13.5. The molecule has 0 radical (unpaired) electrons. The van der Waals surface area contributed by atoms with Gasteiger partial charge in [0.1, 0.15) is 6.54 Å². The van der Waals surface area contributed by atoms with E-state index >= 15 is 0 Å². The quantitative estimate of drug-likeness (QED) is 0.274. The first kappa shape index (κ1) is 27.4. The van der Waals surface area contributed by atoms with E-state index in [4.69, 9.17) is 11.6 Å². The van der Waals surface area contributed by atoms with Crippen LogP contribution in [-0.4, -0.2) is 26.6 Å². The molecule has 0 saturated heterocycles. The lowest BCUT2D eigenvalue weighted by Gasteiger charge is -2.25. The number of carbonyl (C=O) groups excluding carboxylic acids is 1. The van der Waals surface area contributed by atoms with E-state index in [-0.39, 0.29) is 10.3 Å². The van der Waals surface area contributed by atoms with Crippen LogP contribution in [0.25, 0.3) is 0 Å². The predicted octanol–water partition coefficient (Wildman–Crippen LogP) is 6.01. The molecule has 8 heteroatoms. The fraction of sp³-hybridized carbons (Fsp3) is 0.286. The van der Waals surface area contributed by atoms with E-state index in [1.807, 2.05) is 45.0 Å². The Morgan fingerprint density at radius 2 is 1.61 bits per heavy atom. The number of nitrogens with zero attached hydrogens (tertiary/aromatic N) is 2. The highest BCUT2D eigenvalue weighted by atomic mass is 35.5. The lowest BCUT2D eigenvalue weighted by atomic mass is 9.80. The van der Waals surface area contributed by atoms with Gasteiger partial charge in [-0.2, -0.15) is 5.10 Å². The molecular formula is C28H32ClN3O3S. The first-order valence-corrected chi connectivity index (χ1v) is 13.4. The normalized spacial score (nSPS) is 12.3. The van der Waals surface area contributed by atoms with Gasteiger partial charge in [-0.1, -0.05) is 61.8 Å². The van der Waals surface area contributed by atoms with Crippen LogP contribution in [0.15, 0.2) is 82.8 Å². The second kappa shape index (κ2) is 11.3. The summed E-state index contributed by atoms with van der Waals surface area (Å²) < 4.78 is 28.1. The van der Waals surface area contributed by atoms with E-state index in [0.717, 1.165) is 21.1 Å². The van der Waals surface area contributed by atoms with Crippen LogP contribution >= 0.6 is 11.6 Å². The molecule has 36 heavy (non-hydrogen) atoms. The zero-order valence-corrected chi connectivity index (χ0v) is 22.8. The topological polar surface area (TPSA) is 78.8 Å². The first-order valence-electron chi connectivity index (χ1n) is 11.6. The monoisotopic (exact) mass is 525 g/mol. The van der Waals surface area contributed by atoms with Crippen LogP contribution in [0.3, 0.4) is 0 Å². The Labute approximate surface area is 219 Å². The molecule has 190 valence electrons. The van der Waals surface area contributed by atoms with Crippen molar-refractivity contribution >= 4 is 38.9 Å². The summed E-state index contributed by atoms with van der Waals surface area (Å²) in [6.07, 6.45) is 0.626. The number of benzene rings is 3. The number of anilines is 1. The molecule has 3 rings (SSSR count). The number of hydrogen-bond acceptors (Lipinski definition) is 4.